The highest BCUT2D eigenvalue weighted by Crippen LogP contribution is 2.33. The minimum Gasteiger partial charge on any atom is -0.362 e. The molecule has 2 aromatic rings. The number of aromatic nitrogens is 1. The molecule has 0 aliphatic carbocycles. The Morgan fingerprint density at radius 2 is 1.94 bits per heavy atom. The van der Waals surface area contributed by atoms with E-state index >= 15 is 0 Å². The Kier molecular flexibility index (Phi) is 2.36. The van der Waals surface area contributed by atoms with Crippen molar-refractivity contribution in [2.75, 3.05) is 0 Å². The van der Waals surface area contributed by atoms with Crippen molar-refractivity contribution in [2.45, 2.75) is 5.72 Å². The minimum atomic E-state index is -1.59. The molecule has 0 bridgehead atoms. The van der Waals surface area contributed by atoms with Crippen LogP contribution in [-0.2, 0) is 5.72 Å². The molecule has 0 spiro atoms. The summed E-state index contributed by atoms with van der Waals surface area (Å²) in [5, 5.41) is 13.7. The summed E-state index contributed by atoms with van der Waals surface area (Å²) in [7, 11) is 0. The fraction of sp³-hybridized carbons (Fsp3) is 0.0769. The predicted molar refractivity (Wildman–Crippen MR) is 66.2 cm³/mol. The normalized spacial score (nSPS) is 21.6. The first-order chi connectivity index (χ1) is 8.61. The van der Waals surface area contributed by atoms with E-state index in [1.54, 1.807) is 42.6 Å². The molecule has 1 aromatic carbocycles. The quantitative estimate of drug-likeness (QED) is 0.820. The van der Waals surface area contributed by atoms with Crippen LogP contribution in [-0.4, -0.2) is 16.0 Å². The largest absolute Gasteiger partial charge is 0.362 e. The van der Waals surface area contributed by atoms with Crippen molar-refractivity contribution in [2.24, 2.45) is 0 Å². The van der Waals surface area contributed by atoms with E-state index in [2.05, 4.69) is 10.3 Å². The van der Waals surface area contributed by atoms with Gasteiger partial charge in [0.2, 0.25) is 5.72 Å². The number of hydrogen-bond donors (Lipinski definition) is 2. The van der Waals surface area contributed by atoms with Gasteiger partial charge in [-0.3, -0.25) is 9.78 Å². The molecule has 0 radical (unpaired) electrons. The molecule has 1 atom stereocenters. The number of fused-ring (bicyclic) bond motifs is 1. The Balaban J connectivity index is 2.17. The van der Waals surface area contributed by atoms with Gasteiger partial charge in [0, 0.05) is 16.8 Å². The van der Waals surface area contributed by atoms with Crippen molar-refractivity contribution in [3.8, 4) is 0 Å². The lowest BCUT2D eigenvalue weighted by Gasteiger charge is -2.23. The zero-order valence-corrected chi connectivity index (χ0v) is 9.98. The molecule has 5 heteroatoms. The van der Waals surface area contributed by atoms with Crippen LogP contribution in [0.15, 0.2) is 42.6 Å². The number of halogens is 1. The van der Waals surface area contributed by atoms with E-state index in [0.717, 1.165) is 0 Å². The summed E-state index contributed by atoms with van der Waals surface area (Å²) in [5.41, 5.74) is -0.358. The molecule has 0 saturated carbocycles. The molecular weight excluding hydrogens is 252 g/mol. The second-order valence-corrected chi connectivity index (χ2v) is 4.51. The molecule has 0 saturated heterocycles. The molecule has 1 aliphatic rings. The Hall–Kier alpha value is -1.91. The molecule has 2 heterocycles. The SMILES string of the molecule is O=C1NC(O)(c2ccc(Cl)cc2)c2ncccc21. The molecule has 1 aromatic heterocycles. The maximum atomic E-state index is 11.8. The predicted octanol–water partition coefficient (Wildman–Crippen LogP) is 1.67. The van der Waals surface area contributed by atoms with Gasteiger partial charge in [0.1, 0.15) is 5.69 Å². The number of carbonyl (C=O) groups is 1. The van der Waals surface area contributed by atoms with Gasteiger partial charge >= 0.3 is 0 Å². The highest BCUT2D eigenvalue weighted by atomic mass is 35.5. The maximum absolute atomic E-state index is 11.8. The average Bonchev–Trinajstić information content (AvgIpc) is 2.64. The van der Waals surface area contributed by atoms with Crippen LogP contribution < -0.4 is 5.32 Å². The van der Waals surface area contributed by atoms with Crippen molar-refractivity contribution in [1.82, 2.24) is 10.3 Å². The van der Waals surface area contributed by atoms with Gasteiger partial charge in [-0.25, -0.2) is 0 Å². The number of aliphatic hydroxyl groups is 1. The van der Waals surface area contributed by atoms with Crippen molar-refractivity contribution in [3.05, 3.63) is 64.4 Å². The molecule has 0 fully saturated rings. The Morgan fingerprint density at radius 3 is 2.67 bits per heavy atom. The van der Waals surface area contributed by atoms with Crippen LogP contribution in [0.25, 0.3) is 0 Å². The van der Waals surface area contributed by atoms with E-state index in [4.69, 9.17) is 11.6 Å². The van der Waals surface area contributed by atoms with Gasteiger partial charge in [-0.1, -0.05) is 23.7 Å². The molecule has 2 N–H and O–H groups in total. The van der Waals surface area contributed by atoms with Crippen molar-refractivity contribution >= 4 is 17.5 Å². The van der Waals surface area contributed by atoms with Crippen molar-refractivity contribution < 1.29 is 9.90 Å². The van der Waals surface area contributed by atoms with Gasteiger partial charge in [-0.05, 0) is 24.3 Å². The summed E-state index contributed by atoms with van der Waals surface area (Å²) in [5.74, 6) is -0.337. The fourth-order valence-corrected chi connectivity index (χ4v) is 2.19. The number of carbonyl (C=O) groups excluding carboxylic acids is 1. The molecule has 1 aliphatic heterocycles. The van der Waals surface area contributed by atoms with E-state index in [9.17, 15) is 9.90 Å². The molecule has 4 nitrogen and oxygen atoms in total. The zero-order valence-electron chi connectivity index (χ0n) is 9.22. The summed E-state index contributed by atoms with van der Waals surface area (Å²) in [4.78, 5) is 15.9. The average molecular weight is 261 g/mol. The number of pyridine rings is 1. The van der Waals surface area contributed by atoms with E-state index in [-0.39, 0.29) is 5.91 Å². The van der Waals surface area contributed by atoms with Gasteiger partial charge in [-0.15, -0.1) is 0 Å². The Bertz CT molecular complexity index is 627. The third kappa shape index (κ3) is 1.50. The highest BCUT2D eigenvalue weighted by Gasteiger charge is 2.44. The van der Waals surface area contributed by atoms with Crippen LogP contribution >= 0.6 is 11.6 Å². The van der Waals surface area contributed by atoms with Crippen LogP contribution in [0.1, 0.15) is 21.6 Å². The first-order valence-electron chi connectivity index (χ1n) is 5.38. The van der Waals surface area contributed by atoms with Crippen molar-refractivity contribution in [1.29, 1.82) is 0 Å². The Labute approximate surface area is 108 Å². The number of benzene rings is 1. The molecule has 90 valence electrons. The second-order valence-electron chi connectivity index (χ2n) is 4.07. The third-order valence-electron chi connectivity index (χ3n) is 2.95. The first-order valence-corrected chi connectivity index (χ1v) is 5.75. The molecule has 1 amide bonds. The van der Waals surface area contributed by atoms with Gasteiger partial charge in [0.25, 0.3) is 5.91 Å². The lowest BCUT2D eigenvalue weighted by atomic mass is 9.99. The van der Waals surface area contributed by atoms with Gasteiger partial charge in [0.05, 0.1) is 5.56 Å². The minimum absolute atomic E-state index is 0.317. The van der Waals surface area contributed by atoms with Crippen LogP contribution in [0.5, 0.6) is 0 Å². The molecule has 18 heavy (non-hydrogen) atoms. The van der Waals surface area contributed by atoms with Crippen molar-refractivity contribution in [3.63, 3.8) is 0 Å². The van der Waals surface area contributed by atoms with Crippen LogP contribution in [0.4, 0.5) is 0 Å². The van der Waals surface area contributed by atoms with Gasteiger partial charge < -0.3 is 10.4 Å². The number of amides is 1. The summed E-state index contributed by atoms with van der Waals surface area (Å²) in [6, 6.07) is 9.92. The topological polar surface area (TPSA) is 62.2 Å². The zero-order chi connectivity index (χ0) is 12.8. The number of nitrogens with zero attached hydrogens (tertiary/aromatic N) is 1. The first kappa shape index (κ1) is 11.2. The molecule has 3 rings (SSSR count). The molecular formula is C13H9ClN2O2. The summed E-state index contributed by atoms with van der Waals surface area (Å²) < 4.78 is 0. The smallest absolute Gasteiger partial charge is 0.256 e. The van der Waals surface area contributed by atoms with Crippen LogP contribution in [0.2, 0.25) is 5.02 Å². The highest BCUT2D eigenvalue weighted by molar-refractivity contribution is 6.30. The lowest BCUT2D eigenvalue weighted by molar-refractivity contribution is 0.0449. The monoisotopic (exact) mass is 260 g/mol. The van der Waals surface area contributed by atoms with E-state index in [1.807, 2.05) is 0 Å². The van der Waals surface area contributed by atoms with E-state index < -0.39 is 5.72 Å². The summed E-state index contributed by atoms with van der Waals surface area (Å²) >= 11 is 5.81. The van der Waals surface area contributed by atoms with E-state index in [1.165, 1.54) is 0 Å². The van der Waals surface area contributed by atoms with Crippen LogP contribution in [0, 0.1) is 0 Å². The van der Waals surface area contributed by atoms with Crippen LogP contribution in [0.3, 0.4) is 0 Å². The lowest BCUT2D eigenvalue weighted by Crippen LogP contribution is -2.40. The van der Waals surface area contributed by atoms with Gasteiger partial charge in [0.15, 0.2) is 0 Å². The number of nitrogens with one attached hydrogen (secondary N) is 1. The fourth-order valence-electron chi connectivity index (χ4n) is 2.07. The van der Waals surface area contributed by atoms with Gasteiger partial charge in [-0.2, -0.15) is 0 Å². The third-order valence-corrected chi connectivity index (χ3v) is 3.20. The second kappa shape index (κ2) is 3.80. The summed E-state index contributed by atoms with van der Waals surface area (Å²) in [6.07, 6.45) is 1.54. The maximum Gasteiger partial charge on any atom is 0.256 e. The molecule has 1 unspecified atom stereocenters. The number of hydrogen-bond acceptors (Lipinski definition) is 3. The number of rotatable bonds is 1. The Morgan fingerprint density at radius 1 is 1.22 bits per heavy atom. The summed E-state index contributed by atoms with van der Waals surface area (Å²) in [6.45, 7) is 0. The standard InChI is InChI=1S/C13H9ClN2O2/c14-9-5-3-8(4-6-9)13(18)11-10(12(17)16-13)2-1-7-15-11/h1-7,18H,(H,16,17). The van der Waals surface area contributed by atoms with E-state index in [0.29, 0.717) is 21.8 Å².